The van der Waals surface area contributed by atoms with Crippen LogP contribution in [0.15, 0.2) is 36.7 Å². The third kappa shape index (κ3) is 4.56. The molecule has 142 valence electrons. The third-order valence-electron chi connectivity index (χ3n) is 5.30. The fourth-order valence-electron chi connectivity index (χ4n) is 3.39. The van der Waals surface area contributed by atoms with E-state index in [1.165, 1.54) is 11.9 Å². The van der Waals surface area contributed by atoms with E-state index in [1.54, 1.807) is 0 Å². The molecule has 1 aliphatic heterocycles. The molecule has 2 fully saturated rings. The van der Waals surface area contributed by atoms with E-state index in [1.807, 2.05) is 18.2 Å². The highest BCUT2D eigenvalue weighted by molar-refractivity contribution is 5.79. The normalized spacial score (nSPS) is 17.6. The van der Waals surface area contributed by atoms with Crippen LogP contribution >= 0.6 is 0 Å². The monoisotopic (exact) mass is 366 g/mol. The van der Waals surface area contributed by atoms with Crippen LogP contribution in [0.4, 0.5) is 5.82 Å². The van der Waals surface area contributed by atoms with Crippen molar-refractivity contribution in [2.75, 3.05) is 18.0 Å². The van der Waals surface area contributed by atoms with Gasteiger partial charge in [-0.15, -0.1) is 0 Å². The number of rotatable bonds is 6. The number of amides is 1. The summed E-state index contributed by atoms with van der Waals surface area (Å²) in [4.78, 5) is 23.0. The number of ether oxygens (including phenoxy) is 1. The Morgan fingerprint density at radius 3 is 2.56 bits per heavy atom. The summed E-state index contributed by atoms with van der Waals surface area (Å²) in [7, 11) is 0. The minimum atomic E-state index is 0.122. The first-order valence-electron chi connectivity index (χ1n) is 9.85. The molecule has 0 unspecified atom stereocenters. The fourth-order valence-corrected chi connectivity index (χ4v) is 3.39. The maximum Gasteiger partial charge on any atom is 0.224 e. The quantitative estimate of drug-likeness (QED) is 0.849. The summed E-state index contributed by atoms with van der Waals surface area (Å²) in [6, 6.07) is 10.4. The molecule has 0 spiro atoms. The Balaban J connectivity index is 1.35. The number of hydrogen-bond donors (Lipinski definition) is 1. The number of nitrogens with zero attached hydrogens (tertiary/aromatic N) is 3. The van der Waals surface area contributed by atoms with E-state index in [0.717, 1.165) is 56.8 Å². The SMILES string of the molecule is CCc1ccc(Oc2cc(N3CCC(C(=O)NC4CC4)CC3)ncn2)cc1. The summed E-state index contributed by atoms with van der Waals surface area (Å²) in [5, 5.41) is 3.12. The van der Waals surface area contributed by atoms with Gasteiger partial charge in [0.15, 0.2) is 0 Å². The molecule has 2 aliphatic rings. The minimum absolute atomic E-state index is 0.122. The number of carbonyl (C=O) groups excluding carboxylic acids is 1. The number of hydrogen-bond acceptors (Lipinski definition) is 5. The number of aryl methyl sites for hydroxylation is 1. The second-order valence-electron chi connectivity index (χ2n) is 7.36. The number of aromatic nitrogens is 2. The number of benzene rings is 1. The van der Waals surface area contributed by atoms with Gasteiger partial charge in [0.25, 0.3) is 0 Å². The van der Waals surface area contributed by atoms with E-state index in [4.69, 9.17) is 4.74 Å². The zero-order valence-corrected chi connectivity index (χ0v) is 15.7. The van der Waals surface area contributed by atoms with Crippen LogP contribution in [0, 0.1) is 5.92 Å². The van der Waals surface area contributed by atoms with Gasteiger partial charge in [0.05, 0.1) is 0 Å². The number of carbonyl (C=O) groups is 1. The van der Waals surface area contributed by atoms with Crippen molar-refractivity contribution < 1.29 is 9.53 Å². The molecule has 0 bridgehead atoms. The first-order chi connectivity index (χ1) is 13.2. The summed E-state index contributed by atoms with van der Waals surface area (Å²) in [5.41, 5.74) is 1.28. The zero-order chi connectivity index (χ0) is 18.6. The van der Waals surface area contributed by atoms with Gasteiger partial charge < -0.3 is 15.0 Å². The summed E-state index contributed by atoms with van der Waals surface area (Å²) in [5.74, 6) is 2.51. The van der Waals surface area contributed by atoms with Gasteiger partial charge >= 0.3 is 0 Å². The van der Waals surface area contributed by atoms with Gasteiger partial charge in [0.1, 0.15) is 17.9 Å². The van der Waals surface area contributed by atoms with Gasteiger partial charge in [0.2, 0.25) is 11.8 Å². The standard InChI is InChI=1S/C21H26N4O2/c1-2-15-3-7-18(8-4-15)27-20-13-19(22-14-23-20)25-11-9-16(10-12-25)21(26)24-17-5-6-17/h3-4,7-8,13-14,16-17H,2,5-6,9-12H2,1H3,(H,24,26). The first kappa shape index (κ1) is 17.8. The van der Waals surface area contributed by atoms with Crippen molar-refractivity contribution in [2.45, 2.75) is 45.1 Å². The second kappa shape index (κ2) is 7.94. The van der Waals surface area contributed by atoms with Gasteiger partial charge in [0, 0.05) is 31.1 Å². The Bertz CT molecular complexity index is 781. The fraction of sp³-hybridized carbons (Fsp3) is 0.476. The molecule has 1 saturated heterocycles. The lowest BCUT2D eigenvalue weighted by Crippen LogP contribution is -2.41. The molecule has 6 heteroatoms. The van der Waals surface area contributed by atoms with Crippen LogP contribution in [-0.4, -0.2) is 35.0 Å². The molecule has 1 aliphatic carbocycles. The molecule has 27 heavy (non-hydrogen) atoms. The highest BCUT2D eigenvalue weighted by Crippen LogP contribution is 2.27. The molecule has 6 nitrogen and oxygen atoms in total. The van der Waals surface area contributed by atoms with Crippen LogP contribution in [0.1, 0.15) is 38.2 Å². The third-order valence-corrected chi connectivity index (χ3v) is 5.30. The van der Waals surface area contributed by atoms with Gasteiger partial charge in [-0.05, 0) is 49.8 Å². The molecule has 1 amide bonds. The smallest absolute Gasteiger partial charge is 0.224 e. The van der Waals surface area contributed by atoms with E-state index >= 15 is 0 Å². The summed E-state index contributed by atoms with van der Waals surface area (Å²) >= 11 is 0. The highest BCUT2D eigenvalue weighted by Gasteiger charge is 2.30. The summed E-state index contributed by atoms with van der Waals surface area (Å²) in [6.45, 7) is 3.78. The molecular formula is C21H26N4O2. The first-order valence-corrected chi connectivity index (χ1v) is 9.85. The lowest BCUT2D eigenvalue weighted by molar-refractivity contribution is -0.125. The van der Waals surface area contributed by atoms with Gasteiger partial charge in [-0.3, -0.25) is 4.79 Å². The maximum atomic E-state index is 12.2. The minimum Gasteiger partial charge on any atom is -0.439 e. The topological polar surface area (TPSA) is 67.3 Å². The summed E-state index contributed by atoms with van der Waals surface area (Å²) in [6.07, 6.45) is 6.53. The van der Waals surface area contributed by atoms with Crippen LogP contribution in [0.5, 0.6) is 11.6 Å². The number of piperidine rings is 1. The molecule has 0 radical (unpaired) electrons. The number of nitrogens with one attached hydrogen (secondary N) is 1. The van der Waals surface area contributed by atoms with Gasteiger partial charge in [-0.2, -0.15) is 0 Å². The largest absolute Gasteiger partial charge is 0.439 e. The predicted octanol–water partition coefficient (Wildman–Crippen LogP) is 3.33. The van der Waals surface area contributed by atoms with E-state index in [-0.39, 0.29) is 11.8 Å². The van der Waals surface area contributed by atoms with E-state index < -0.39 is 0 Å². The van der Waals surface area contributed by atoms with Crippen molar-refractivity contribution in [3.8, 4) is 11.6 Å². The maximum absolute atomic E-state index is 12.2. The average molecular weight is 366 g/mol. The van der Waals surface area contributed by atoms with Crippen LogP contribution in [-0.2, 0) is 11.2 Å². The Morgan fingerprint density at radius 2 is 1.89 bits per heavy atom. The molecule has 2 aromatic rings. The van der Waals surface area contributed by atoms with Crippen molar-refractivity contribution in [2.24, 2.45) is 5.92 Å². The van der Waals surface area contributed by atoms with Gasteiger partial charge in [-0.1, -0.05) is 19.1 Å². The number of anilines is 1. The average Bonchev–Trinajstić information content (AvgIpc) is 3.53. The summed E-state index contributed by atoms with van der Waals surface area (Å²) < 4.78 is 5.88. The molecule has 1 aromatic heterocycles. The van der Waals surface area contributed by atoms with Crippen LogP contribution < -0.4 is 15.0 Å². The molecule has 2 heterocycles. The Labute approximate surface area is 160 Å². The van der Waals surface area contributed by atoms with Crippen molar-refractivity contribution in [1.29, 1.82) is 0 Å². The second-order valence-corrected chi connectivity index (χ2v) is 7.36. The molecule has 1 N–H and O–H groups in total. The molecule has 1 saturated carbocycles. The predicted molar refractivity (Wildman–Crippen MR) is 104 cm³/mol. The lowest BCUT2D eigenvalue weighted by atomic mass is 9.96. The van der Waals surface area contributed by atoms with Crippen LogP contribution in [0.2, 0.25) is 0 Å². The van der Waals surface area contributed by atoms with E-state index in [0.29, 0.717) is 11.9 Å². The highest BCUT2D eigenvalue weighted by atomic mass is 16.5. The van der Waals surface area contributed by atoms with E-state index in [9.17, 15) is 4.79 Å². The van der Waals surface area contributed by atoms with Crippen molar-refractivity contribution in [3.63, 3.8) is 0 Å². The van der Waals surface area contributed by atoms with Gasteiger partial charge in [-0.25, -0.2) is 9.97 Å². The Morgan fingerprint density at radius 1 is 1.15 bits per heavy atom. The van der Waals surface area contributed by atoms with Crippen LogP contribution in [0.3, 0.4) is 0 Å². The Kier molecular flexibility index (Phi) is 5.23. The van der Waals surface area contributed by atoms with Crippen molar-refractivity contribution in [3.05, 3.63) is 42.2 Å². The lowest BCUT2D eigenvalue weighted by Gasteiger charge is -2.32. The molecule has 0 atom stereocenters. The van der Waals surface area contributed by atoms with Crippen molar-refractivity contribution >= 4 is 11.7 Å². The van der Waals surface area contributed by atoms with Crippen LogP contribution in [0.25, 0.3) is 0 Å². The molecule has 1 aromatic carbocycles. The van der Waals surface area contributed by atoms with E-state index in [2.05, 4.69) is 39.2 Å². The zero-order valence-electron chi connectivity index (χ0n) is 15.7. The molecule has 4 rings (SSSR count). The molecular weight excluding hydrogens is 340 g/mol. The van der Waals surface area contributed by atoms with Crippen molar-refractivity contribution in [1.82, 2.24) is 15.3 Å². The Hall–Kier alpha value is -2.63.